The van der Waals surface area contributed by atoms with E-state index in [0.29, 0.717) is 0 Å². The summed E-state index contributed by atoms with van der Waals surface area (Å²) >= 11 is 0. The van der Waals surface area contributed by atoms with Crippen LogP contribution in [0.25, 0.3) is 0 Å². The minimum atomic E-state index is -10.7. The van der Waals surface area contributed by atoms with E-state index in [1.54, 1.807) is 0 Å². The number of nitrogens with zero attached hydrogens (tertiary/aromatic N) is 1. The van der Waals surface area contributed by atoms with Crippen molar-refractivity contribution >= 4 is 7.81 Å². The first kappa shape index (κ1) is 48.1. The Morgan fingerprint density at radius 1 is 0.283 bits per heavy atom. The van der Waals surface area contributed by atoms with Gasteiger partial charge in [-0.15, -0.1) is 0 Å². The predicted octanol–water partition coefficient (Wildman–Crippen LogP) is 17.0. The van der Waals surface area contributed by atoms with Crippen molar-refractivity contribution in [2.75, 3.05) is 27.2 Å². The summed E-state index contributed by atoms with van der Waals surface area (Å²) in [6.07, 6.45) is 46.9. The average Bonchev–Trinajstić information content (AvgIpc) is 2.95. The van der Waals surface area contributed by atoms with Gasteiger partial charge in [-0.3, -0.25) is 0 Å². The van der Waals surface area contributed by atoms with Crippen LogP contribution in [-0.4, -0.2) is 31.7 Å². The predicted molar refractivity (Wildman–Crippen MR) is 195 cm³/mol. The standard InChI is InChI=1S/C38H80N.F6P/c1-5-7-9-11-13-15-17-19-21-23-25-27-29-31-33-35-37-39(3,4)38-36-34-32-30-28-26-24-22-20-18-16-14-12-10-8-6-2;1-7(2,3,4,5)6/h5-38H2,1-4H3;/q+1;-1. The van der Waals surface area contributed by atoms with Crippen LogP contribution in [0, 0.1) is 0 Å². The van der Waals surface area contributed by atoms with Crippen molar-refractivity contribution in [3.8, 4) is 0 Å². The van der Waals surface area contributed by atoms with Crippen molar-refractivity contribution in [2.45, 2.75) is 219 Å². The van der Waals surface area contributed by atoms with Crippen molar-refractivity contribution in [1.29, 1.82) is 0 Å². The van der Waals surface area contributed by atoms with Crippen LogP contribution < -0.4 is 0 Å². The van der Waals surface area contributed by atoms with Gasteiger partial charge in [-0.2, -0.15) is 0 Å². The Bertz CT molecular complexity index is 574. The van der Waals surface area contributed by atoms with Gasteiger partial charge < -0.3 is 4.48 Å². The number of quaternary nitrogens is 1. The molecule has 0 amide bonds. The first-order chi connectivity index (χ1) is 21.6. The maximum atomic E-state index is 9.87. The van der Waals surface area contributed by atoms with Gasteiger partial charge in [-0.1, -0.05) is 194 Å². The average molecular weight is 696 g/mol. The van der Waals surface area contributed by atoms with Gasteiger partial charge in [-0.25, -0.2) is 0 Å². The summed E-state index contributed by atoms with van der Waals surface area (Å²) in [6, 6.07) is 0. The van der Waals surface area contributed by atoms with Gasteiger partial charge >= 0.3 is 33.0 Å². The van der Waals surface area contributed by atoms with Crippen LogP contribution in [0.3, 0.4) is 0 Å². The van der Waals surface area contributed by atoms with E-state index < -0.39 is 7.81 Å². The van der Waals surface area contributed by atoms with E-state index in [1.165, 1.54) is 223 Å². The zero-order valence-corrected chi connectivity index (χ0v) is 32.1. The molecule has 0 bridgehead atoms. The molecule has 0 spiro atoms. The molecule has 0 aliphatic carbocycles. The van der Waals surface area contributed by atoms with Gasteiger partial charge in [0.2, 0.25) is 0 Å². The molecule has 0 rings (SSSR count). The van der Waals surface area contributed by atoms with E-state index in [2.05, 4.69) is 27.9 Å². The molecule has 46 heavy (non-hydrogen) atoms. The van der Waals surface area contributed by atoms with E-state index in [-0.39, 0.29) is 0 Å². The monoisotopic (exact) mass is 696 g/mol. The molecule has 0 fully saturated rings. The SMILES string of the molecule is CCCCCCCCCCCCCCCCCC[N+](C)(C)CCCCCCCCCCCCCCCCCC.F[P-](F)(F)(F)(F)F. The summed E-state index contributed by atoms with van der Waals surface area (Å²) in [5.41, 5.74) is 0. The molecular formula is C38H80F6NP. The normalized spacial score (nSPS) is 13.7. The van der Waals surface area contributed by atoms with Gasteiger partial charge in [0.25, 0.3) is 0 Å². The zero-order valence-electron chi connectivity index (χ0n) is 31.2. The summed E-state index contributed by atoms with van der Waals surface area (Å²) < 4.78 is 60.4. The van der Waals surface area contributed by atoms with Crippen molar-refractivity contribution in [1.82, 2.24) is 0 Å². The molecule has 0 aromatic heterocycles. The topological polar surface area (TPSA) is 0 Å². The van der Waals surface area contributed by atoms with E-state index in [4.69, 9.17) is 0 Å². The molecule has 0 heterocycles. The Labute approximate surface area is 283 Å². The summed E-state index contributed by atoms with van der Waals surface area (Å²) in [6.45, 7) is 7.39. The van der Waals surface area contributed by atoms with Gasteiger partial charge in [0.05, 0.1) is 27.2 Å². The molecule has 0 saturated heterocycles. The Kier molecular flexibility index (Phi) is 30.1. The maximum absolute atomic E-state index is 10.7. The zero-order chi connectivity index (χ0) is 34.9. The molecule has 284 valence electrons. The van der Waals surface area contributed by atoms with Crippen molar-refractivity contribution in [3.05, 3.63) is 0 Å². The summed E-state index contributed by atoms with van der Waals surface area (Å²) in [5, 5.41) is 0. The summed E-state index contributed by atoms with van der Waals surface area (Å²) in [4.78, 5) is 0. The van der Waals surface area contributed by atoms with Crippen LogP contribution >= 0.6 is 7.81 Å². The van der Waals surface area contributed by atoms with Crippen LogP contribution in [0.4, 0.5) is 25.2 Å². The third-order valence-electron chi connectivity index (χ3n) is 9.23. The van der Waals surface area contributed by atoms with Crippen LogP contribution in [0.1, 0.15) is 219 Å². The van der Waals surface area contributed by atoms with Gasteiger partial charge in [0.15, 0.2) is 0 Å². The molecule has 0 unspecified atom stereocenters. The number of hydrogen-bond acceptors (Lipinski definition) is 0. The Balaban J connectivity index is 0. The molecule has 0 atom stereocenters. The van der Waals surface area contributed by atoms with E-state index in [0.717, 1.165) is 0 Å². The van der Waals surface area contributed by atoms with Gasteiger partial charge in [0, 0.05) is 0 Å². The van der Waals surface area contributed by atoms with Crippen LogP contribution in [0.5, 0.6) is 0 Å². The second-order valence-electron chi connectivity index (χ2n) is 14.9. The number of unbranched alkanes of at least 4 members (excludes halogenated alkanes) is 30. The number of rotatable bonds is 34. The number of hydrogen-bond donors (Lipinski definition) is 0. The molecule has 0 radical (unpaired) electrons. The third-order valence-corrected chi connectivity index (χ3v) is 9.23. The van der Waals surface area contributed by atoms with Crippen molar-refractivity contribution in [2.24, 2.45) is 0 Å². The van der Waals surface area contributed by atoms with E-state index >= 15 is 0 Å². The first-order valence-corrected chi connectivity index (χ1v) is 22.0. The molecule has 1 nitrogen and oxygen atoms in total. The minimum absolute atomic E-state index is 1.25. The van der Waals surface area contributed by atoms with Gasteiger partial charge in [0.1, 0.15) is 0 Å². The molecule has 0 aromatic carbocycles. The first-order valence-electron chi connectivity index (χ1n) is 20.0. The van der Waals surface area contributed by atoms with Gasteiger partial charge in [-0.05, 0) is 25.7 Å². The third kappa shape index (κ3) is 56.3. The molecular weight excluding hydrogens is 615 g/mol. The Morgan fingerprint density at radius 3 is 0.565 bits per heavy atom. The van der Waals surface area contributed by atoms with E-state index in [1.807, 2.05) is 0 Å². The fourth-order valence-corrected chi connectivity index (χ4v) is 6.29. The second-order valence-corrected chi connectivity index (χ2v) is 16.9. The number of halogens is 6. The summed E-state index contributed by atoms with van der Waals surface area (Å²) in [5.74, 6) is 0. The quantitative estimate of drug-likeness (QED) is 0.0272. The van der Waals surface area contributed by atoms with Crippen molar-refractivity contribution < 1.29 is 29.7 Å². The van der Waals surface area contributed by atoms with Crippen LogP contribution in [0.15, 0.2) is 0 Å². The molecule has 0 aliphatic rings. The second kappa shape index (κ2) is 28.8. The van der Waals surface area contributed by atoms with Crippen molar-refractivity contribution in [3.63, 3.8) is 0 Å². The molecule has 0 aliphatic heterocycles. The van der Waals surface area contributed by atoms with E-state index in [9.17, 15) is 25.2 Å². The fraction of sp³-hybridized carbons (Fsp3) is 1.00. The van der Waals surface area contributed by atoms with Crippen LogP contribution in [-0.2, 0) is 0 Å². The molecule has 8 heteroatoms. The molecule has 0 saturated carbocycles. The molecule has 0 N–H and O–H groups in total. The Morgan fingerprint density at radius 2 is 0.413 bits per heavy atom. The van der Waals surface area contributed by atoms with Crippen LogP contribution in [0.2, 0.25) is 0 Å². The fourth-order valence-electron chi connectivity index (χ4n) is 6.29. The Hall–Kier alpha value is -0.0300. The summed E-state index contributed by atoms with van der Waals surface area (Å²) in [7, 11) is -5.72. The molecule has 0 aromatic rings.